The predicted molar refractivity (Wildman–Crippen MR) is 85.3 cm³/mol. The number of hydrogen-bond donors (Lipinski definition) is 0. The molecule has 0 atom stereocenters. The molecule has 0 saturated heterocycles. The standard InChI is InChI=1S/C18H17NO2/c1-3-21-14-8-6-7-13(11-14)12-16-15-9-4-5-10-17(15)19(2)18(16)20/h4-12H,3H2,1-2H3/b16-12+. The van der Waals surface area contributed by atoms with Gasteiger partial charge in [0.1, 0.15) is 5.75 Å². The van der Waals surface area contributed by atoms with Gasteiger partial charge in [-0.3, -0.25) is 4.79 Å². The monoisotopic (exact) mass is 279 g/mol. The lowest BCUT2D eigenvalue weighted by Gasteiger charge is -2.08. The Morgan fingerprint density at radius 3 is 2.76 bits per heavy atom. The van der Waals surface area contributed by atoms with Crippen LogP contribution in [0.15, 0.2) is 48.5 Å². The zero-order chi connectivity index (χ0) is 14.8. The van der Waals surface area contributed by atoms with Crippen LogP contribution >= 0.6 is 0 Å². The van der Waals surface area contributed by atoms with Crippen molar-refractivity contribution in [2.24, 2.45) is 0 Å². The van der Waals surface area contributed by atoms with Crippen LogP contribution in [0.4, 0.5) is 5.69 Å². The van der Waals surface area contributed by atoms with Gasteiger partial charge >= 0.3 is 0 Å². The topological polar surface area (TPSA) is 29.5 Å². The molecule has 0 radical (unpaired) electrons. The Morgan fingerprint density at radius 1 is 1.14 bits per heavy atom. The minimum absolute atomic E-state index is 0.0259. The molecule has 0 aliphatic carbocycles. The molecule has 0 spiro atoms. The summed E-state index contributed by atoms with van der Waals surface area (Å²) in [6.07, 6.45) is 1.92. The fraction of sp³-hybridized carbons (Fsp3) is 0.167. The average Bonchev–Trinajstić information content (AvgIpc) is 2.74. The molecule has 3 heteroatoms. The third-order valence-corrected chi connectivity index (χ3v) is 3.57. The van der Waals surface area contributed by atoms with Gasteiger partial charge in [-0.1, -0.05) is 30.3 Å². The molecule has 0 aromatic heterocycles. The number of benzene rings is 2. The van der Waals surface area contributed by atoms with Crippen molar-refractivity contribution in [3.8, 4) is 5.75 Å². The fourth-order valence-corrected chi connectivity index (χ4v) is 2.57. The number of rotatable bonds is 3. The molecule has 21 heavy (non-hydrogen) atoms. The number of amides is 1. The summed E-state index contributed by atoms with van der Waals surface area (Å²) in [4.78, 5) is 14.1. The molecule has 0 fully saturated rings. The molecule has 2 aromatic rings. The van der Waals surface area contributed by atoms with Gasteiger partial charge in [0.25, 0.3) is 5.91 Å². The first-order chi connectivity index (χ1) is 10.2. The number of fused-ring (bicyclic) bond motifs is 1. The first-order valence-corrected chi connectivity index (χ1v) is 7.02. The van der Waals surface area contributed by atoms with Crippen LogP contribution in [0, 0.1) is 0 Å². The van der Waals surface area contributed by atoms with Gasteiger partial charge in [0.15, 0.2) is 0 Å². The molecule has 0 bridgehead atoms. The Bertz CT molecular complexity index is 719. The van der Waals surface area contributed by atoms with E-state index < -0.39 is 0 Å². The van der Waals surface area contributed by atoms with Crippen molar-refractivity contribution >= 4 is 23.2 Å². The van der Waals surface area contributed by atoms with E-state index in [1.165, 1.54) is 0 Å². The van der Waals surface area contributed by atoms with Gasteiger partial charge < -0.3 is 9.64 Å². The van der Waals surface area contributed by atoms with Gasteiger partial charge in [-0.25, -0.2) is 0 Å². The summed E-state index contributed by atoms with van der Waals surface area (Å²) in [6.45, 7) is 2.58. The van der Waals surface area contributed by atoms with Crippen molar-refractivity contribution in [1.29, 1.82) is 0 Å². The Morgan fingerprint density at radius 2 is 1.95 bits per heavy atom. The van der Waals surface area contributed by atoms with Crippen LogP contribution < -0.4 is 9.64 Å². The van der Waals surface area contributed by atoms with E-state index in [1.54, 1.807) is 11.9 Å². The van der Waals surface area contributed by atoms with Crippen LogP contribution in [0.25, 0.3) is 11.6 Å². The number of anilines is 1. The molecule has 3 nitrogen and oxygen atoms in total. The van der Waals surface area contributed by atoms with Crippen LogP contribution in [-0.2, 0) is 4.79 Å². The molecule has 1 aliphatic heterocycles. The molecule has 1 heterocycles. The van der Waals surface area contributed by atoms with Crippen molar-refractivity contribution < 1.29 is 9.53 Å². The SMILES string of the molecule is CCOc1cccc(/C=C2/C(=O)N(C)c3ccccc32)c1. The van der Waals surface area contributed by atoms with E-state index in [0.29, 0.717) is 6.61 Å². The second-order valence-electron chi connectivity index (χ2n) is 4.94. The Balaban J connectivity index is 2.04. The van der Waals surface area contributed by atoms with Crippen LogP contribution in [-0.4, -0.2) is 19.6 Å². The Labute approximate surface area is 124 Å². The molecule has 0 saturated carbocycles. The van der Waals surface area contributed by atoms with Gasteiger partial charge in [0, 0.05) is 18.2 Å². The number of ether oxygens (including phenoxy) is 1. The number of carbonyl (C=O) groups is 1. The van der Waals surface area contributed by atoms with E-state index >= 15 is 0 Å². The fourth-order valence-electron chi connectivity index (χ4n) is 2.57. The highest BCUT2D eigenvalue weighted by molar-refractivity contribution is 6.35. The van der Waals surface area contributed by atoms with Crippen molar-refractivity contribution in [1.82, 2.24) is 0 Å². The quantitative estimate of drug-likeness (QED) is 0.803. The van der Waals surface area contributed by atoms with Crippen LogP contribution in [0.5, 0.6) is 5.75 Å². The molecule has 2 aromatic carbocycles. The van der Waals surface area contributed by atoms with E-state index in [9.17, 15) is 4.79 Å². The first-order valence-electron chi connectivity index (χ1n) is 7.02. The van der Waals surface area contributed by atoms with E-state index in [4.69, 9.17) is 4.74 Å². The minimum atomic E-state index is 0.0259. The van der Waals surface area contributed by atoms with Crippen LogP contribution in [0.1, 0.15) is 18.1 Å². The van der Waals surface area contributed by atoms with Gasteiger partial charge in [0.05, 0.1) is 12.3 Å². The minimum Gasteiger partial charge on any atom is -0.494 e. The van der Waals surface area contributed by atoms with Gasteiger partial charge in [0.2, 0.25) is 0 Å². The van der Waals surface area contributed by atoms with Crippen LogP contribution in [0.2, 0.25) is 0 Å². The highest BCUT2D eigenvalue weighted by Crippen LogP contribution is 2.36. The van der Waals surface area contributed by atoms with Crippen molar-refractivity contribution in [3.63, 3.8) is 0 Å². The summed E-state index contributed by atoms with van der Waals surface area (Å²) < 4.78 is 5.50. The third kappa shape index (κ3) is 2.42. The second kappa shape index (κ2) is 5.44. The smallest absolute Gasteiger partial charge is 0.258 e. The molecule has 106 valence electrons. The zero-order valence-electron chi connectivity index (χ0n) is 12.2. The largest absolute Gasteiger partial charge is 0.494 e. The maximum absolute atomic E-state index is 12.4. The summed E-state index contributed by atoms with van der Waals surface area (Å²) in [7, 11) is 1.80. The van der Waals surface area contributed by atoms with E-state index in [-0.39, 0.29) is 5.91 Å². The number of hydrogen-bond acceptors (Lipinski definition) is 2. The zero-order valence-corrected chi connectivity index (χ0v) is 12.2. The molecule has 0 unspecified atom stereocenters. The molecule has 1 amide bonds. The first kappa shape index (κ1) is 13.4. The predicted octanol–water partition coefficient (Wildman–Crippen LogP) is 3.60. The lowest BCUT2D eigenvalue weighted by Crippen LogP contribution is -2.20. The van der Waals surface area contributed by atoms with Gasteiger partial charge in [-0.05, 0) is 36.8 Å². The summed E-state index contributed by atoms with van der Waals surface area (Å²) in [5.74, 6) is 0.844. The molecular weight excluding hydrogens is 262 g/mol. The summed E-state index contributed by atoms with van der Waals surface area (Å²) >= 11 is 0. The van der Waals surface area contributed by atoms with Crippen LogP contribution in [0.3, 0.4) is 0 Å². The average molecular weight is 279 g/mol. The summed E-state index contributed by atoms with van der Waals surface area (Å²) in [5.41, 5.74) is 3.62. The van der Waals surface area contributed by atoms with Crippen molar-refractivity contribution in [2.45, 2.75) is 6.92 Å². The van der Waals surface area contributed by atoms with E-state index in [0.717, 1.165) is 28.1 Å². The summed E-state index contributed by atoms with van der Waals surface area (Å²) in [6, 6.07) is 15.6. The van der Waals surface area contributed by atoms with Gasteiger partial charge in [-0.2, -0.15) is 0 Å². The third-order valence-electron chi connectivity index (χ3n) is 3.57. The highest BCUT2D eigenvalue weighted by atomic mass is 16.5. The lowest BCUT2D eigenvalue weighted by molar-refractivity contribution is -0.112. The number of likely N-dealkylation sites (N-methyl/N-ethyl adjacent to an activating group) is 1. The molecular formula is C18H17NO2. The van der Waals surface area contributed by atoms with Crippen molar-refractivity contribution in [2.75, 3.05) is 18.6 Å². The molecule has 0 N–H and O–H groups in total. The normalized spacial score (nSPS) is 15.4. The summed E-state index contributed by atoms with van der Waals surface area (Å²) in [5, 5.41) is 0. The van der Waals surface area contributed by atoms with Gasteiger partial charge in [-0.15, -0.1) is 0 Å². The second-order valence-corrected chi connectivity index (χ2v) is 4.94. The lowest BCUT2D eigenvalue weighted by atomic mass is 10.0. The Kier molecular flexibility index (Phi) is 3.48. The Hall–Kier alpha value is -2.55. The highest BCUT2D eigenvalue weighted by Gasteiger charge is 2.28. The molecule has 3 rings (SSSR count). The number of carbonyl (C=O) groups excluding carboxylic acids is 1. The van der Waals surface area contributed by atoms with E-state index in [2.05, 4.69) is 0 Å². The van der Waals surface area contributed by atoms with Crippen molar-refractivity contribution in [3.05, 3.63) is 59.7 Å². The number of para-hydroxylation sites is 1. The number of nitrogens with zero attached hydrogens (tertiary/aromatic N) is 1. The maximum Gasteiger partial charge on any atom is 0.258 e. The van der Waals surface area contributed by atoms with E-state index in [1.807, 2.05) is 61.5 Å². The molecule has 1 aliphatic rings. The maximum atomic E-state index is 12.4.